The number of benzene rings is 3. The van der Waals surface area contributed by atoms with Crippen molar-refractivity contribution in [3.8, 4) is 11.1 Å². The molecule has 0 heterocycles. The summed E-state index contributed by atoms with van der Waals surface area (Å²) in [5, 5.41) is 4.42. The average Bonchev–Trinajstić information content (AvgIpc) is 2.50. The summed E-state index contributed by atoms with van der Waals surface area (Å²) >= 11 is 0. The first-order valence-corrected chi connectivity index (χ1v) is 6.81. The van der Waals surface area contributed by atoms with Crippen LogP contribution in [0.25, 0.3) is 21.9 Å². The van der Waals surface area contributed by atoms with E-state index in [1.54, 1.807) is 24.3 Å². The molecule has 0 radical (unpaired) electrons. The lowest BCUT2D eigenvalue weighted by Crippen LogP contribution is -2.06. The van der Waals surface area contributed by atoms with Crippen LogP contribution in [0.5, 0.6) is 0 Å². The molecule has 1 N–H and O–H groups in total. The number of hydrogen-bond donors (Lipinski definition) is 1. The van der Waals surface area contributed by atoms with Crippen molar-refractivity contribution in [3.05, 3.63) is 71.8 Å². The maximum Gasteiger partial charge on any atom is 0.131 e. The van der Waals surface area contributed by atoms with Crippen molar-refractivity contribution in [1.82, 2.24) is 5.32 Å². The Bertz CT molecular complexity index is 796. The quantitative estimate of drug-likeness (QED) is 0.746. The largest absolute Gasteiger partial charge is 0.316 e. The first-order chi connectivity index (χ1) is 10.2. The first kappa shape index (κ1) is 13.7. The van der Waals surface area contributed by atoms with E-state index in [2.05, 4.69) is 5.32 Å². The van der Waals surface area contributed by atoms with Gasteiger partial charge in [-0.2, -0.15) is 0 Å². The zero-order valence-electron chi connectivity index (χ0n) is 11.7. The molecule has 0 aliphatic carbocycles. The van der Waals surface area contributed by atoms with Gasteiger partial charge in [-0.1, -0.05) is 36.4 Å². The molecule has 21 heavy (non-hydrogen) atoms. The van der Waals surface area contributed by atoms with Crippen molar-refractivity contribution in [2.75, 3.05) is 7.05 Å². The van der Waals surface area contributed by atoms with Crippen molar-refractivity contribution in [2.24, 2.45) is 0 Å². The summed E-state index contributed by atoms with van der Waals surface area (Å²) in [7, 11) is 1.84. The third kappa shape index (κ3) is 2.52. The van der Waals surface area contributed by atoms with E-state index in [-0.39, 0.29) is 11.6 Å². The molecule has 0 unspecified atom stereocenters. The molecule has 0 aliphatic rings. The van der Waals surface area contributed by atoms with Crippen LogP contribution in [0.4, 0.5) is 8.78 Å². The molecular weight excluding hydrogens is 268 g/mol. The highest BCUT2D eigenvalue weighted by Gasteiger charge is 2.11. The molecular formula is C18H15F2N. The predicted octanol–water partition coefficient (Wildman–Crippen LogP) is 4.50. The van der Waals surface area contributed by atoms with Gasteiger partial charge in [0.05, 0.1) is 0 Å². The van der Waals surface area contributed by atoms with Gasteiger partial charge in [0.2, 0.25) is 0 Å². The maximum absolute atomic E-state index is 13.9. The lowest BCUT2D eigenvalue weighted by Gasteiger charge is -2.13. The molecule has 0 bridgehead atoms. The van der Waals surface area contributed by atoms with Gasteiger partial charge in [-0.05, 0) is 47.3 Å². The third-order valence-electron chi connectivity index (χ3n) is 3.60. The molecule has 0 spiro atoms. The Morgan fingerprint density at radius 1 is 0.857 bits per heavy atom. The second-order valence-electron chi connectivity index (χ2n) is 4.97. The Balaban J connectivity index is 2.30. The Labute approximate surface area is 122 Å². The fraction of sp³-hybridized carbons (Fsp3) is 0.111. The maximum atomic E-state index is 13.9. The van der Waals surface area contributed by atoms with Crippen LogP contribution in [-0.4, -0.2) is 7.05 Å². The summed E-state index contributed by atoms with van der Waals surface area (Å²) in [6, 6.07) is 15.1. The summed E-state index contributed by atoms with van der Waals surface area (Å²) in [4.78, 5) is 0. The van der Waals surface area contributed by atoms with Gasteiger partial charge in [0.25, 0.3) is 0 Å². The molecule has 3 rings (SSSR count). The minimum absolute atomic E-state index is 0.263. The van der Waals surface area contributed by atoms with E-state index in [1.165, 1.54) is 18.2 Å². The second kappa shape index (κ2) is 5.62. The number of halogens is 2. The Kier molecular flexibility index (Phi) is 3.67. The zero-order chi connectivity index (χ0) is 14.8. The molecule has 3 heteroatoms. The highest BCUT2D eigenvalue weighted by atomic mass is 19.1. The van der Waals surface area contributed by atoms with Crippen molar-refractivity contribution in [2.45, 2.75) is 6.54 Å². The molecule has 0 fully saturated rings. The molecule has 3 aromatic carbocycles. The van der Waals surface area contributed by atoms with Crippen LogP contribution < -0.4 is 5.32 Å². The van der Waals surface area contributed by atoms with Crippen molar-refractivity contribution in [1.29, 1.82) is 0 Å². The van der Waals surface area contributed by atoms with Gasteiger partial charge in [0.15, 0.2) is 0 Å². The van der Waals surface area contributed by atoms with Crippen molar-refractivity contribution in [3.63, 3.8) is 0 Å². The lowest BCUT2D eigenvalue weighted by atomic mass is 9.94. The molecule has 106 valence electrons. The molecule has 1 nitrogen and oxygen atoms in total. The van der Waals surface area contributed by atoms with Gasteiger partial charge in [-0.3, -0.25) is 0 Å². The molecule has 3 aromatic rings. The minimum atomic E-state index is -0.293. The van der Waals surface area contributed by atoms with Crippen LogP contribution >= 0.6 is 0 Å². The van der Waals surface area contributed by atoms with Crippen LogP contribution in [0.2, 0.25) is 0 Å². The van der Waals surface area contributed by atoms with E-state index in [9.17, 15) is 8.78 Å². The zero-order valence-corrected chi connectivity index (χ0v) is 11.7. The number of rotatable bonds is 3. The predicted molar refractivity (Wildman–Crippen MR) is 82.1 cm³/mol. The van der Waals surface area contributed by atoms with Crippen molar-refractivity contribution < 1.29 is 8.78 Å². The number of fused-ring (bicyclic) bond motifs is 1. The fourth-order valence-corrected chi connectivity index (χ4v) is 2.64. The summed E-state index contributed by atoms with van der Waals surface area (Å²) in [5.41, 5.74) is 2.62. The smallest absolute Gasteiger partial charge is 0.131 e. The minimum Gasteiger partial charge on any atom is -0.316 e. The lowest BCUT2D eigenvalue weighted by molar-refractivity contribution is 0.627. The standard InChI is InChI=1S/C18H15F2N/c1-21-11-12-6-7-13(19)10-17(12)15-8-9-18(20)16-5-3-2-4-14(15)16/h2-10,21H,11H2,1H3. The SMILES string of the molecule is CNCc1ccc(F)cc1-c1ccc(F)c2ccccc12. The van der Waals surface area contributed by atoms with Gasteiger partial charge in [-0.15, -0.1) is 0 Å². The molecule has 0 aliphatic heterocycles. The first-order valence-electron chi connectivity index (χ1n) is 6.81. The summed E-state index contributed by atoms with van der Waals surface area (Å²) in [5.74, 6) is -0.556. The van der Waals surface area contributed by atoms with E-state index >= 15 is 0 Å². The Hall–Kier alpha value is -2.26. The van der Waals surface area contributed by atoms with E-state index in [4.69, 9.17) is 0 Å². The summed E-state index contributed by atoms with van der Waals surface area (Å²) in [6.45, 7) is 0.626. The van der Waals surface area contributed by atoms with Gasteiger partial charge < -0.3 is 5.32 Å². The number of nitrogens with one attached hydrogen (secondary N) is 1. The molecule has 0 saturated carbocycles. The van der Waals surface area contributed by atoms with Crippen molar-refractivity contribution >= 4 is 10.8 Å². The van der Waals surface area contributed by atoms with Gasteiger partial charge in [0, 0.05) is 11.9 Å². The fourth-order valence-electron chi connectivity index (χ4n) is 2.64. The van der Waals surface area contributed by atoms with E-state index < -0.39 is 0 Å². The Morgan fingerprint density at radius 3 is 2.38 bits per heavy atom. The monoisotopic (exact) mass is 283 g/mol. The second-order valence-corrected chi connectivity index (χ2v) is 4.97. The Morgan fingerprint density at radius 2 is 1.62 bits per heavy atom. The van der Waals surface area contributed by atoms with Gasteiger partial charge in [-0.25, -0.2) is 8.78 Å². The third-order valence-corrected chi connectivity index (χ3v) is 3.60. The summed E-state index contributed by atoms with van der Waals surface area (Å²) < 4.78 is 27.6. The van der Waals surface area contributed by atoms with Crippen LogP contribution in [0, 0.1) is 11.6 Å². The normalized spacial score (nSPS) is 11.0. The highest BCUT2D eigenvalue weighted by Crippen LogP contribution is 2.32. The topological polar surface area (TPSA) is 12.0 Å². The van der Waals surface area contributed by atoms with Gasteiger partial charge >= 0.3 is 0 Å². The number of hydrogen-bond acceptors (Lipinski definition) is 1. The van der Waals surface area contributed by atoms with E-state index in [0.717, 1.165) is 22.1 Å². The van der Waals surface area contributed by atoms with E-state index in [1.807, 2.05) is 19.2 Å². The molecule has 0 saturated heterocycles. The average molecular weight is 283 g/mol. The van der Waals surface area contributed by atoms with Crippen LogP contribution in [-0.2, 0) is 6.54 Å². The molecule has 0 amide bonds. The van der Waals surface area contributed by atoms with Crippen LogP contribution in [0.3, 0.4) is 0 Å². The van der Waals surface area contributed by atoms with E-state index in [0.29, 0.717) is 11.9 Å². The molecule has 0 atom stereocenters. The highest BCUT2D eigenvalue weighted by molar-refractivity contribution is 5.97. The van der Waals surface area contributed by atoms with Crippen LogP contribution in [0.1, 0.15) is 5.56 Å². The molecule has 0 aromatic heterocycles. The van der Waals surface area contributed by atoms with Gasteiger partial charge in [0.1, 0.15) is 11.6 Å². The summed E-state index contributed by atoms with van der Waals surface area (Å²) in [6.07, 6.45) is 0. The van der Waals surface area contributed by atoms with Crippen LogP contribution in [0.15, 0.2) is 54.6 Å².